The molecule has 0 radical (unpaired) electrons. The lowest BCUT2D eigenvalue weighted by atomic mass is 10.1. The van der Waals surface area contributed by atoms with E-state index in [4.69, 9.17) is 0 Å². The lowest BCUT2D eigenvalue weighted by Crippen LogP contribution is -2.01. The molecule has 1 aromatic heterocycles. The summed E-state index contributed by atoms with van der Waals surface area (Å²) in [6.45, 7) is 2.76. The van der Waals surface area contributed by atoms with Gasteiger partial charge in [0.1, 0.15) is 5.82 Å². The van der Waals surface area contributed by atoms with Crippen LogP contribution in [0, 0.1) is 6.92 Å². The number of hydrogen-bond donors (Lipinski definition) is 2. The molecule has 2 aromatic carbocycles. The van der Waals surface area contributed by atoms with Crippen molar-refractivity contribution in [3.63, 3.8) is 0 Å². The Kier molecular flexibility index (Phi) is 3.25. The highest BCUT2D eigenvalue weighted by molar-refractivity contribution is 6.03. The normalized spacial score (nSPS) is 10.7. The van der Waals surface area contributed by atoms with Gasteiger partial charge in [-0.1, -0.05) is 48.0 Å². The van der Waals surface area contributed by atoms with Crippen LogP contribution in [0.2, 0.25) is 0 Å². The number of benzene rings is 2. The van der Waals surface area contributed by atoms with Crippen molar-refractivity contribution in [1.29, 1.82) is 0 Å². The van der Waals surface area contributed by atoms with Gasteiger partial charge in [0.05, 0.1) is 5.56 Å². The van der Waals surface area contributed by atoms with E-state index in [1.807, 2.05) is 30.3 Å². The number of carbonyl (C=O) groups is 1. The molecule has 0 atom stereocenters. The van der Waals surface area contributed by atoms with Gasteiger partial charge < -0.3 is 10.3 Å². The van der Waals surface area contributed by atoms with Gasteiger partial charge in [-0.2, -0.15) is 0 Å². The summed E-state index contributed by atoms with van der Waals surface area (Å²) < 4.78 is 0. The summed E-state index contributed by atoms with van der Waals surface area (Å²) in [5, 5.41) is 4.26. The maximum Gasteiger partial charge on any atom is 0.154 e. The SMILES string of the molecule is Cc1cccc(CNc2[nH]c3ccccc3c2C=O)c1. The fourth-order valence-electron chi connectivity index (χ4n) is 2.44. The molecule has 3 aromatic rings. The molecule has 0 fully saturated rings. The molecule has 0 saturated heterocycles. The van der Waals surface area contributed by atoms with Gasteiger partial charge in [-0.3, -0.25) is 4.79 Å². The maximum absolute atomic E-state index is 11.3. The number of aromatic nitrogens is 1. The zero-order chi connectivity index (χ0) is 13.9. The van der Waals surface area contributed by atoms with Crippen molar-refractivity contribution in [3.05, 3.63) is 65.2 Å². The molecule has 0 spiro atoms. The fraction of sp³-hybridized carbons (Fsp3) is 0.118. The molecule has 20 heavy (non-hydrogen) atoms. The van der Waals surface area contributed by atoms with Crippen molar-refractivity contribution >= 4 is 23.0 Å². The molecule has 0 aliphatic heterocycles. The first-order chi connectivity index (χ1) is 9.78. The number of nitrogens with one attached hydrogen (secondary N) is 2. The van der Waals surface area contributed by atoms with E-state index in [0.717, 1.165) is 23.0 Å². The molecule has 0 saturated carbocycles. The standard InChI is InChI=1S/C17H16N2O/c1-12-5-4-6-13(9-12)10-18-17-15(11-20)14-7-2-3-8-16(14)19-17/h2-9,11,18-19H,10H2,1H3. The molecule has 0 aliphatic rings. The largest absolute Gasteiger partial charge is 0.367 e. The lowest BCUT2D eigenvalue weighted by Gasteiger charge is -2.06. The van der Waals surface area contributed by atoms with Crippen molar-refractivity contribution in [1.82, 2.24) is 4.98 Å². The molecular weight excluding hydrogens is 248 g/mol. The highest BCUT2D eigenvalue weighted by Gasteiger charge is 2.09. The monoisotopic (exact) mass is 264 g/mol. The number of aldehydes is 1. The van der Waals surface area contributed by atoms with E-state index in [1.165, 1.54) is 11.1 Å². The quantitative estimate of drug-likeness (QED) is 0.702. The number of carbonyl (C=O) groups excluding carboxylic acids is 1. The number of aryl methyl sites for hydroxylation is 1. The van der Waals surface area contributed by atoms with Crippen LogP contribution in [0.3, 0.4) is 0 Å². The van der Waals surface area contributed by atoms with Gasteiger partial charge in [0.15, 0.2) is 6.29 Å². The molecule has 3 nitrogen and oxygen atoms in total. The van der Waals surface area contributed by atoms with Crippen molar-refractivity contribution in [2.75, 3.05) is 5.32 Å². The predicted molar refractivity (Wildman–Crippen MR) is 82.2 cm³/mol. The molecule has 2 N–H and O–H groups in total. The molecule has 3 rings (SSSR count). The number of H-pyrrole nitrogens is 1. The summed E-state index contributed by atoms with van der Waals surface area (Å²) in [5.74, 6) is 0.780. The van der Waals surface area contributed by atoms with Crippen LogP contribution in [-0.2, 0) is 6.54 Å². The first-order valence-corrected chi connectivity index (χ1v) is 6.63. The summed E-state index contributed by atoms with van der Waals surface area (Å²) in [4.78, 5) is 14.6. The summed E-state index contributed by atoms with van der Waals surface area (Å²) in [6.07, 6.45) is 0.900. The van der Waals surface area contributed by atoms with Crippen LogP contribution in [0.5, 0.6) is 0 Å². The molecule has 100 valence electrons. The molecule has 0 bridgehead atoms. The third-order valence-corrected chi connectivity index (χ3v) is 3.42. The average Bonchev–Trinajstić information content (AvgIpc) is 2.82. The second-order valence-corrected chi connectivity index (χ2v) is 4.92. The molecule has 0 amide bonds. The first kappa shape index (κ1) is 12.5. The highest BCUT2D eigenvalue weighted by atomic mass is 16.1. The molecule has 0 aliphatic carbocycles. The zero-order valence-corrected chi connectivity index (χ0v) is 11.3. The Hall–Kier alpha value is -2.55. The van der Waals surface area contributed by atoms with E-state index < -0.39 is 0 Å². The van der Waals surface area contributed by atoms with Crippen molar-refractivity contribution < 1.29 is 4.79 Å². The average molecular weight is 264 g/mol. The van der Waals surface area contributed by atoms with Gasteiger partial charge in [0.25, 0.3) is 0 Å². The van der Waals surface area contributed by atoms with Gasteiger partial charge in [0, 0.05) is 17.4 Å². The van der Waals surface area contributed by atoms with Gasteiger partial charge >= 0.3 is 0 Å². The Morgan fingerprint density at radius 2 is 2.00 bits per heavy atom. The lowest BCUT2D eigenvalue weighted by molar-refractivity contribution is 0.112. The Morgan fingerprint density at radius 1 is 1.15 bits per heavy atom. The van der Waals surface area contributed by atoms with Crippen molar-refractivity contribution in [2.24, 2.45) is 0 Å². The Morgan fingerprint density at radius 3 is 2.80 bits per heavy atom. The van der Waals surface area contributed by atoms with E-state index in [1.54, 1.807) is 0 Å². The second kappa shape index (κ2) is 5.21. The number of para-hydroxylation sites is 1. The Labute approximate surface area is 117 Å². The third-order valence-electron chi connectivity index (χ3n) is 3.42. The second-order valence-electron chi connectivity index (χ2n) is 4.92. The van der Waals surface area contributed by atoms with Crippen LogP contribution >= 0.6 is 0 Å². The summed E-state index contributed by atoms with van der Waals surface area (Å²) >= 11 is 0. The summed E-state index contributed by atoms with van der Waals surface area (Å²) in [5.41, 5.74) is 4.09. The van der Waals surface area contributed by atoms with Crippen LogP contribution < -0.4 is 5.32 Å². The van der Waals surface area contributed by atoms with E-state index in [-0.39, 0.29) is 0 Å². The minimum absolute atomic E-state index is 0.688. The van der Waals surface area contributed by atoms with Crippen LogP contribution in [0.4, 0.5) is 5.82 Å². The number of hydrogen-bond acceptors (Lipinski definition) is 2. The van der Waals surface area contributed by atoms with Crippen LogP contribution in [0.1, 0.15) is 21.5 Å². The molecule has 1 heterocycles. The minimum Gasteiger partial charge on any atom is -0.367 e. The molecule has 3 heteroatoms. The van der Waals surface area contributed by atoms with Gasteiger partial charge in [0.2, 0.25) is 0 Å². The summed E-state index contributed by atoms with van der Waals surface area (Å²) in [6, 6.07) is 16.1. The predicted octanol–water partition coefficient (Wildman–Crippen LogP) is 3.90. The van der Waals surface area contributed by atoms with Gasteiger partial charge in [-0.15, -0.1) is 0 Å². The molecule has 0 unspecified atom stereocenters. The van der Waals surface area contributed by atoms with Crippen molar-refractivity contribution in [3.8, 4) is 0 Å². The number of aromatic amines is 1. The fourth-order valence-corrected chi connectivity index (χ4v) is 2.44. The highest BCUT2D eigenvalue weighted by Crippen LogP contribution is 2.24. The Bertz CT molecular complexity index is 759. The van der Waals surface area contributed by atoms with E-state index >= 15 is 0 Å². The van der Waals surface area contributed by atoms with Crippen molar-refractivity contribution in [2.45, 2.75) is 13.5 Å². The minimum atomic E-state index is 0.688. The van der Waals surface area contributed by atoms with Gasteiger partial charge in [-0.05, 0) is 18.6 Å². The first-order valence-electron chi connectivity index (χ1n) is 6.63. The van der Waals surface area contributed by atoms with E-state index in [0.29, 0.717) is 12.1 Å². The van der Waals surface area contributed by atoms with Crippen LogP contribution in [-0.4, -0.2) is 11.3 Å². The number of rotatable bonds is 4. The number of fused-ring (bicyclic) bond motifs is 1. The smallest absolute Gasteiger partial charge is 0.154 e. The molecular formula is C17H16N2O. The van der Waals surface area contributed by atoms with Gasteiger partial charge in [-0.25, -0.2) is 0 Å². The zero-order valence-electron chi connectivity index (χ0n) is 11.3. The number of anilines is 1. The third kappa shape index (κ3) is 2.30. The van der Waals surface area contributed by atoms with Crippen LogP contribution in [0.15, 0.2) is 48.5 Å². The topological polar surface area (TPSA) is 44.9 Å². The summed E-state index contributed by atoms with van der Waals surface area (Å²) in [7, 11) is 0. The van der Waals surface area contributed by atoms with Crippen LogP contribution in [0.25, 0.3) is 10.9 Å². The Balaban J connectivity index is 1.89. The van der Waals surface area contributed by atoms with E-state index in [9.17, 15) is 4.79 Å². The maximum atomic E-state index is 11.3. The van der Waals surface area contributed by atoms with E-state index in [2.05, 4.69) is 35.4 Å².